The summed E-state index contributed by atoms with van der Waals surface area (Å²) in [5.41, 5.74) is 2.15. The number of carbonyl (C=O) groups is 3. The first-order chi connectivity index (χ1) is 16.5. The van der Waals surface area contributed by atoms with Gasteiger partial charge >= 0.3 is 0 Å². The molecule has 9 heteroatoms. The summed E-state index contributed by atoms with van der Waals surface area (Å²) in [6.45, 7) is 1.85. The van der Waals surface area contributed by atoms with Crippen molar-refractivity contribution in [3.63, 3.8) is 0 Å². The number of nitrogens with zero attached hydrogens (tertiary/aromatic N) is 2. The van der Waals surface area contributed by atoms with E-state index in [1.807, 2.05) is 12.1 Å². The lowest BCUT2D eigenvalue weighted by molar-refractivity contribution is -0.113. The molecule has 176 valence electrons. The van der Waals surface area contributed by atoms with Crippen LogP contribution in [0, 0.1) is 5.82 Å². The van der Waals surface area contributed by atoms with E-state index in [1.54, 1.807) is 34.1 Å². The second-order valence-corrected chi connectivity index (χ2v) is 8.79. The number of benzene rings is 2. The highest BCUT2D eigenvalue weighted by molar-refractivity contribution is 7.99. The largest absolute Gasteiger partial charge is 0.459 e. The van der Waals surface area contributed by atoms with Gasteiger partial charge in [0.15, 0.2) is 5.76 Å². The van der Waals surface area contributed by atoms with Crippen LogP contribution in [0.3, 0.4) is 0 Å². The number of rotatable bonds is 7. The fourth-order valence-corrected chi connectivity index (χ4v) is 4.37. The third-order valence-corrected chi connectivity index (χ3v) is 6.42. The van der Waals surface area contributed by atoms with Crippen LogP contribution in [0.15, 0.2) is 71.3 Å². The Labute approximate surface area is 200 Å². The second-order valence-electron chi connectivity index (χ2n) is 7.81. The van der Waals surface area contributed by atoms with Crippen LogP contribution in [0.4, 0.5) is 10.1 Å². The van der Waals surface area contributed by atoms with Crippen LogP contribution < -0.4 is 5.32 Å². The fraction of sp³-hybridized carbons (Fsp3) is 0.240. The van der Waals surface area contributed by atoms with Crippen molar-refractivity contribution >= 4 is 35.2 Å². The summed E-state index contributed by atoms with van der Waals surface area (Å²) < 4.78 is 18.1. The summed E-state index contributed by atoms with van der Waals surface area (Å²) >= 11 is 1.45. The third-order valence-electron chi connectivity index (χ3n) is 5.42. The van der Waals surface area contributed by atoms with Crippen molar-refractivity contribution in [1.29, 1.82) is 0 Å². The molecular formula is C25H24FN3O4S. The zero-order valence-corrected chi connectivity index (χ0v) is 19.2. The Morgan fingerprint density at radius 1 is 0.882 bits per heavy atom. The van der Waals surface area contributed by atoms with Crippen molar-refractivity contribution < 1.29 is 23.2 Å². The first-order valence-corrected chi connectivity index (χ1v) is 12.0. The highest BCUT2D eigenvalue weighted by Gasteiger charge is 2.26. The van der Waals surface area contributed by atoms with Gasteiger partial charge in [0.2, 0.25) is 5.91 Å². The molecule has 1 N–H and O–H groups in total. The zero-order valence-electron chi connectivity index (χ0n) is 18.4. The number of hydrogen-bond acceptors (Lipinski definition) is 5. The number of anilines is 1. The molecule has 1 aliphatic heterocycles. The van der Waals surface area contributed by atoms with Crippen molar-refractivity contribution in [3.05, 3.63) is 89.6 Å². The van der Waals surface area contributed by atoms with E-state index in [-0.39, 0.29) is 29.3 Å². The van der Waals surface area contributed by atoms with Gasteiger partial charge in [-0.15, -0.1) is 11.8 Å². The molecule has 1 saturated heterocycles. The van der Waals surface area contributed by atoms with Crippen LogP contribution in [0.2, 0.25) is 0 Å². The SMILES string of the molecule is O=C(CSCc1ccc(C(=O)N2CCN(C(=O)c3ccco3)CC2)cc1)Nc1ccc(F)cc1. The van der Waals surface area contributed by atoms with Gasteiger partial charge in [0.1, 0.15) is 5.82 Å². The highest BCUT2D eigenvalue weighted by atomic mass is 32.2. The molecule has 0 spiro atoms. The topological polar surface area (TPSA) is 82.9 Å². The Balaban J connectivity index is 1.21. The van der Waals surface area contributed by atoms with Gasteiger partial charge in [-0.1, -0.05) is 12.1 Å². The molecule has 1 fully saturated rings. The molecule has 1 aliphatic rings. The number of piperazine rings is 1. The molecule has 0 aliphatic carbocycles. The molecule has 4 rings (SSSR count). The van der Waals surface area contributed by atoms with Crippen LogP contribution in [-0.2, 0) is 10.5 Å². The number of halogens is 1. The number of thioether (sulfide) groups is 1. The van der Waals surface area contributed by atoms with Gasteiger partial charge < -0.3 is 19.5 Å². The molecule has 0 radical (unpaired) electrons. The lowest BCUT2D eigenvalue weighted by Gasteiger charge is -2.34. The van der Waals surface area contributed by atoms with Crippen molar-refractivity contribution in [1.82, 2.24) is 9.80 Å². The van der Waals surface area contributed by atoms with E-state index < -0.39 is 0 Å². The summed E-state index contributed by atoms with van der Waals surface area (Å²) in [7, 11) is 0. The highest BCUT2D eigenvalue weighted by Crippen LogP contribution is 2.17. The van der Waals surface area contributed by atoms with Gasteiger partial charge in [0.05, 0.1) is 12.0 Å². The van der Waals surface area contributed by atoms with Crippen LogP contribution in [0.5, 0.6) is 0 Å². The molecule has 3 amide bonds. The smallest absolute Gasteiger partial charge is 0.289 e. The zero-order chi connectivity index (χ0) is 23.9. The molecular weight excluding hydrogens is 457 g/mol. The van der Waals surface area contributed by atoms with Crippen molar-refractivity contribution in [2.75, 3.05) is 37.2 Å². The molecule has 2 aromatic carbocycles. The van der Waals surface area contributed by atoms with E-state index in [0.29, 0.717) is 48.9 Å². The first-order valence-electron chi connectivity index (χ1n) is 10.8. The summed E-state index contributed by atoms with van der Waals surface area (Å²) in [5.74, 6) is 0.456. The molecule has 0 unspecified atom stereocenters. The predicted octanol–water partition coefficient (Wildman–Crippen LogP) is 3.89. The molecule has 2 heterocycles. The summed E-state index contributed by atoms with van der Waals surface area (Å²) in [6, 6.07) is 16.3. The molecule has 3 aromatic rings. The van der Waals surface area contributed by atoms with Crippen LogP contribution in [-0.4, -0.2) is 59.5 Å². The average molecular weight is 482 g/mol. The maximum Gasteiger partial charge on any atom is 0.289 e. The normalized spacial score (nSPS) is 13.6. The number of amides is 3. The quantitative estimate of drug-likeness (QED) is 0.554. The van der Waals surface area contributed by atoms with Crippen molar-refractivity contribution in [3.8, 4) is 0 Å². The summed E-state index contributed by atoms with van der Waals surface area (Å²) in [4.78, 5) is 40.7. The van der Waals surface area contributed by atoms with Gasteiger partial charge in [0.25, 0.3) is 11.8 Å². The fourth-order valence-electron chi connectivity index (χ4n) is 3.59. The predicted molar refractivity (Wildman–Crippen MR) is 128 cm³/mol. The number of furan rings is 1. The average Bonchev–Trinajstić information content (AvgIpc) is 3.40. The molecule has 0 atom stereocenters. The number of nitrogens with one attached hydrogen (secondary N) is 1. The molecule has 7 nitrogen and oxygen atoms in total. The lowest BCUT2D eigenvalue weighted by Crippen LogP contribution is -2.50. The van der Waals surface area contributed by atoms with Gasteiger partial charge in [-0.3, -0.25) is 14.4 Å². The Kier molecular flexibility index (Phi) is 7.64. The maximum atomic E-state index is 12.9. The van der Waals surface area contributed by atoms with Crippen LogP contribution >= 0.6 is 11.8 Å². The number of hydrogen-bond donors (Lipinski definition) is 1. The second kappa shape index (κ2) is 11.0. The Morgan fingerprint density at radius 3 is 2.15 bits per heavy atom. The van der Waals surface area contributed by atoms with E-state index in [0.717, 1.165) is 5.56 Å². The minimum Gasteiger partial charge on any atom is -0.459 e. The first kappa shape index (κ1) is 23.6. The Hall–Kier alpha value is -3.59. The van der Waals surface area contributed by atoms with Crippen molar-refractivity contribution in [2.24, 2.45) is 0 Å². The monoisotopic (exact) mass is 481 g/mol. The van der Waals surface area contributed by atoms with E-state index in [9.17, 15) is 18.8 Å². The number of carbonyl (C=O) groups excluding carboxylic acids is 3. The minimum absolute atomic E-state index is 0.0667. The molecule has 0 bridgehead atoms. The van der Waals surface area contributed by atoms with Gasteiger partial charge in [-0.05, 0) is 54.1 Å². The van der Waals surface area contributed by atoms with Crippen LogP contribution in [0.25, 0.3) is 0 Å². The van der Waals surface area contributed by atoms with E-state index in [1.165, 1.54) is 42.3 Å². The summed E-state index contributed by atoms with van der Waals surface area (Å²) in [6.07, 6.45) is 1.47. The third kappa shape index (κ3) is 6.05. The standard InChI is InChI=1S/C25H24FN3O4S/c26-20-7-9-21(10-8-20)27-23(30)17-34-16-18-3-5-19(6-4-18)24(31)28-11-13-29(14-12-28)25(32)22-2-1-15-33-22/h1-10,15H,11-14,16-17H2,(H,27,30). The van der Waals surface area contributed by atoms with Crippen LogP contribution in [0.1, 0.15) is 26.5 Å². The maximum absolute atomic E-state index is 12.9. The Morgan fingerprint density at radius 2 is 1.53 bits per heavy atom. The summed E-state index contributed by atoms with van der Waals surface area (Å²) in [5, 5.41) is 2.73. The van der Waals surface area contributed by atoms with Gasteiger partial charge in [-0.25, -0.2) is 4.39 Å². The lowest BCUT2D eigenvalue weighted by atomic mass is 10.1. The van der Waals surface area contributed by atoms with Crippen molar-refractivity contribution in [2.45, 2.75) is 5.75 Å². The molecule has 0 saturated carbocycles. The van der Waals surface area contributed by atoms with Gasteiger partial charge in [0, 0.05) is 43.2 Å². The van der Waals surface area contributed by atoms with E-state index >= 15 is 0 Å². The minimum atomic E-state index is -0.350. The molecule has 34 heavy (non-hydrogen) atoms. The van der Waals surface area contributed by atoms with E-state index in [4.69, 9.17) is 4.42 Å². The Bertz CT molecular complexity index is 1130. The molecule has 1 aromatic heterocycles. The van der Waals surface area contributed by atoms with E-state index in [2.05, 4.69) is 5.32 Å². The van der Waals surface area contributed by atoms with Gasteiger partial charge in [-0.2, -0.15) is 0 Å².